The summed E-state index contributed by atoms with van der Waals surface area (Å²) < 4.78 is 0. The third-order valence-electron chi connectivity index (χ3n) is 7.67. The van der Waals surface area contributed by atoms with Gasteiger partial charge in [0, 0.05) is 36.2 Å². The second-order valence-corrected chi connectivity index (χ2v) is 11.0. The van der Waals surface area contributed by atoms with Crippen LogP contribution >= 0.6 is 11.3 Å². The number of aromatic nitrogens is 3. The fourth-order valence-electron chi connectivity index (χ4n) is 5.92. The van der Waals surface area contributed by atoms with Gasteiger partial charge in [0.05, 0.1) is 24.5 Å². The van der Waals surface area contributed by atoms with Crippen molar-refractivity contribution < 1.29 is 14.7 Å². The van der Waals surface area contributed by atoms with E-state index in [1.54, 1.807) is 11.9 Å². The van der Waals surface area contributed by atoms with E-state index in [9.17, 15) is 14.7 Å². The largest absolute Gasteiger partial charge is 0.392 e. The van der Waals surface area contributed by atoms with E-state index in [0.29, 0.717) is 5.13 Å². The Morgan fingerprint density at radius 1 is 1.44 bits per heavy atom. The number of thiazole rings is 1. The van der Waals surface area contributed by atoms with E-state index in [1.165, 1.54) is 29.9 Å². The predicted molar refractivity (Wildman–Crippen MR) is 130 cm³/mol. The number of rotatable bonds is 5. The van der Waals surface area contributed by atoms with Crippen LogP contribution in [0.5, 0.6) is 0 Å². The molecule has 6 atom stereocenters. The maximum absolute atomic E-state index is 12.9. The Balaban J connectivity index is 1.55. The molecule has 2 aliphatic rings. The van der Waals surface area contributed by atoms with Gasteiger partial charge in [-0.1, -0.05) is 26.7 Å². The molecule has 2 aromatic heterocycles. The zero-order valence-electron chi connectivity index (χ0n) is 20.0. The summed E-state index contributed by atoms with van der Waals surface area (Å²) in [6, 6.07) is 0. The van der Waals surface area contributed by atoms with Crippen LogP contribution in [0.15, 0.2) is 18.6 Å². The number of amides is 2. The first-order chi connectivity index (χ1) is 16.2. The van der Waals surface area contributed by atoms with Gasteiger partial charge < -0.3 is 10.0 Å². The number of aliphatic hydroxyl groups is 1. The monoisotopic (exact) mass is 481 g/mol. The van der Waals surface area contributed by atoms with E-state index >= 15 is 0 Å². The average molecular weight is 482 g/mol. The molecule has 8 nitrogen and oxygen atoms in total. The minimum atomic E-state index is -0.626. The summed E-state index contributed by atoms with van der Waals surface area (Å²) in [5.74, 6) is 1.65. The maximum atomic E-state index is 12.9. The molecule has 9 heteroatoms. The number of anilines is 1. The fraction of sp³-hybridized carbons (Fsp3) is 0.560. The van der Waals surface area contributed by atoms with E-state index in [0.717, 1.165) is 29.8 Å². The Morgan fingerprint density at radius 2 is 2.21 bits per heavy atom. The third kappa shape index (κ3) is 4.32. The van der Waals surface area contributed by atoms with Crippen molar-refractivity contribution in [3.05, 3.63) is 34.9 Å². The van der Waals surface area contributed by atoms with E-state index in [4.69, 9.17) is 11.4 Å². The van der Waals surface area contributed by atoms with Gasteiger partial charge in [-0.3, -0.25) is 19.9 Å². The smallest absolute Gasteiger partial charge is 0.277 e. The van der Waals surface area contributed by atoms with Crippen LogP contribution in [0.25, 0.3) is 0 Å². The van der Waals surface area contributed by atoms with Crippen molar-refractivity contribution in [1.82, 2.24) is 19.9 Å². The average Bonchev–Trinajstić information content (AvgIpc) is 3.20. The lowest BCUT2D eigenvalue weighted by atomic mass is 9.53. The summed E-state index contributed by atoms with van der Waals surface area (Å²) in [5, 5.41) is 14.9. The first-order valence-corrected chi connectivity index (χ1v) is 12.4. The highest BCUT2D eigenvalue weighted by molar-refractivity contribution is 7.15. The predicted octanol–water partition coefficient (Wildman–Crippen LogP) is 2.97. The Morgan fingerprint density at radius 3 is 2.88 bits per heavy atom. The van der Waals surface area contributed by atoms with Crippen molar-refractivity contribution >= 4 is 28.3 Å². The van der Waals surface area contributed by atoms with Crippen LogP contribution in [0.1, 0.15) is 60.6 Å². The molecule has 6 unspecified atom stereocenters. The van der Waals surface area contributed by atoms with Crippen LogP contribution in [0.3, 0.4) is 0 Å². The summed E-state index contributed by atoms with van der Waals surface area (Å²) in [7, 11) is 1.71. The molecule has 34 heavy (non-hydrogen) atoms. The van der Waals surface area contributed by atoms with Crippen molar-refractivity contribution in [3.63, 3.8) is 0 Å². The minimum absolute atomic E-state index is 0.00397. The number of hydrogen-bond acceptors (Lipinski definition) is 7. The van der Waals surface area contributed by atoms with Crippen molar-refractivity contribution in [2.75, 3.05) is 18.9 Å². The standard InChI is InChI=1S/C25H31N5O3S/c1-6-11-30(5)23(33)14(2)16-7-8-25(4)12-18-20(15(3)19(25)21(16)31)28-24(34-18)29-22(32)17-13-26-9-10-27-17/h1,9-10,13-16,19,21,31H,7-8,11-12H2,2-5H3,(H,28,29,32). The summed E-state index contributed by atoms with van der Waals surface area (Å²) >= 11 is 1.49. The highest BCUT2D eigenvalue weighted by atomic mass is 32.1. The molecule has 1 saturated carbocycles. The van der Waals surface area contributed by atoms with Gasteiger partial charge in [0.1, 0.15) is 5.69 Å². The summed E-state index contributed by atoms with van der Waals surface area (Å²) in [4.78, 5) is 40.8. The van der Waals surface area contributed by atoms with E-state index < -0.39 is 6.10 Å². The van der Waals surface area contributed by atoms with Gasteiger partial charge in [-0.2, -0.15) is 0 Å². The van der Waals surface area contributed by atoms with Gasteiger partial charge in [-0.15, -0.1) is 17.8 Å². The number of fused-ring (bicyclic) bond motifs is 2. The summed E-state index contributed by atoms with van der Waals surface area (Å²) in [6.07, 6.45) is 11.6. The van der Waals surface area contributed by atoms with E-state index in [2.05, 4.69) is 35.1 Å². The van der Waals surface area contributed by atoms with Crippen LogP contribution in [0.2, 0.25) is 0 Å². The molecule has 2 N–H and O–H groups in total. The van der Waals surface area contributed by atoms with Crippen LogP contribution in [-0.2, 0) is 11.2 Å². The fourth-order valence-corrected chi connectivity index (χ4v) is 7.18. The van der Waals surface area contributed by atoms with Crippen molar-refractivity contribution in [1.29, 1.82) is 0 Å². The number of nitrogens with one attached hydrogen (secondary N) is 1. The van der Waals surface area contributed by atoms with Gasteiger partial charge in [-0.05, 0) is 36.5 Å². The molecule has 2 aromatic rings. The van der Waals surface area contributed by atoms with Crippen LogP contribution < -0.4 is 5.32 Å². The lowest BCUT2D eigenvalue weighted by Crippen LogP contribution is -2.53. The number of nitrogens with zero attached hydrogens (tertiary/aromatic N) is 4. The first-order valence-electron chi connectivity index (χ1n) is 11.6. The maximum Gasteiger partial charge on any atom is 0.277 e. The molecule has 0 aromatic carbocycles. The number of terminal acetylenes is 1. The SMILES string of the molecule is C#CCN(C)C(=O)C(C)C1CCC2(C)Cc3sc(NC(=O)c4cnccn4)nc3C(C)C2C1O. The van der Waals surface area contributed by atoms with Gasteiger partial charge >= 0.3 is 0 Å². The Hall–Kier alpha value is -2.83. The van der Waals surface area contributed by atoms with Crippen molar-refractivity contribution in [3.8, 4) is 12.3 Å². The molecule has 4 rings (SSSR count). The molecular formula is C25H31N5O3S. The van der Waals surface area contributed by atoms with Gasteiger partial charge in [-0.25, -0.2) is 9.97 Å². The molecular weight excluding hydrogens is 450 g/mol. The van der Waals surface area contributed by atoms with Crippen LogP contribution in [0, 0.1) is 35.5 Å². The van der Waals surface area contributed by atoms with E-state index in [-0.39, 0.29) is 53.1 Å². The Labute approximate surface area is 204 Å². The quantitative estimate of drug-likeness (QED) is 0.636. The molecule has 180 valence electrons. The molecule has 2 amide bonds. The second kappa shape index (κ2) is 9.43. The zero-order valence-corrected chi connectivity index (χ0v) is 20.8. The van der Waals surface area contributed by atoms with Gasteiger partial charge in [0.2, 0.25) is 5.91 Å². The minimum Gasteiger partial charge on any atom is -0.392 e. The van der Waals surface area contributed by atoms with Crippen LogP contribution in [0.4, 0.5) is 5.13 Å². The molecule has 0 spiro atoms. The zero-order chi connectivity index (χ0) is 24.6. The molecule has 0 saturated heterocycles. The van der Waals surface area contributed by atoms with Crippen molar-refractivity contribution in [2.24, 2.45) is 23.2 Å². The lowest BCUT2D eigenvalue weighted by molar-refractivity contribution is -0.142. The summed E-state index contributed by atoms with van der Waals surface area (Å²) in [5.41, 5.74) is 1.05. The number of hydrogen-bond donors (Lipinski definition) is 2. The molecule has 0 radical (unpaired) electrons. The van der Waals surface area contributed by atoms with Crippen LogP contribution in [-0.4, -0.2) is 56.5 Å². The first kappa shape index (κ1) is 24.3. The van der Waals surface area contributed by atoms with Crippen molar-refractivity contribution in [2.45, 2.75) is 52.1 Å². The number of carbonyl (C=O) groups is 2. The molecule has 0 aliphatic heterocycles. The molecule has 1 fully saturated rings. The Kier molecular flexibility index (Phi) is 6.74. The molecule has 2 heterocycles. The highest BCUT2D eigenvalue weighted by Gasteiger charge is 2.54. The number of carbonyl (C=O) groups excluding carboxylic acids is 2. The Bertz CT molecular complexity index is 1110. The normalized spacial score (nSPS) is 28.7. The third-order valence-corrected chi connectivity index (χ3v) is 8.66. The summed E-state index contributed by atoms with van der Waals surface area (Å²) in [6.45, 7) is 6.48. The number of aliphatic hydroxyl groups excluding tert-OH is 1. The lowest BCUT2D eigenvalue weighted by Gasteiger charge is -2.53. The second-order valence-electron chi connectivity index (χ2n) is 9.90. The van der Waals surface area contributed by atoms with Gasteiger partial charge in [0.15, 0.2) is 5.13 Å². The van der Waals surface area contributed by atoms with E-state index in [1.807, 2.05) is 6.92 Å². The molecule has 2 aliphatic carbocycles. The molecule has 0 bridgehead atoms. The van der Waals surface area contributed by atoms with Gasteiger partial charge in [0.25, 0.3) is 5.91 Å². The topological polar surface area (TPSA) is 108 Å². The highest BCUT2D eigenvalue weighted by Crippen LogP contribution is 2.57.